The van der Waals surface area contributed by atoms with Crippen LogP contribution in [0.2, 0.25) is 0 Å². The first kappa shape index (κ1) is 17.0. The number of carbonyl (C=O) groups is 2. The fourth-order valence-corrected chi connectivity index (χ4v) is 3.47. The van der Waals surface area contributed by atoms with E-state index in [9.17, 15) is 9.59 Å². The van der Waals surface area contributed by atoms with Gasteiger partial charge in [0.05, 0.1) is 11.6 Å². The lowest BCUT2D eigenvalue weighted by molar-refractivity contribution is -0.134. The molecule has 6 nitrogen and oxygen atoms in total. The second kappa shape index (κ2) is 7.07. The summed E-state index contributed by atoms with van der Waals surface area (Å²) < 4.78 is 1.78. The van der Waals surface area contributed by atoms with Gasteiger partial charge in [-0.2, -0.15) is 5.10 Å². The molecule has 0 radical (unpaired) electrons. The van der Waals surface area contributed by atoms with Crippen molar-refractivity contribution in [2.45, 2.75) is 18.9 Å². The van der Waals surface area contributed by atoms with Gasteiger partial charge in [0.1, 0.15) is 0 Å². The van der Waals surface area contributed by atoms with Gasteiger partial charge in [0.25, 0.3) is 0 Å². The lowest BCUT2D eigenvalue weighted by Gasteiger charge is -2.28. The lowest BCUT2D eigenvalue weighted by Crippen LogP contribution is -2.36. The predicted molar refractivity (Wildman–Crippen MR) is 102 cm³/mol. The first-order chi connectivity index (χ1) is 13.1. The first-order valence-electron chi connectivity index (χ1n) is 8.84. The molecule has 0 spiro atoms. The van der Waals surface area contributed by atoms with Crippen molar-refractivity contribution in [1.82, 2.24) is 14.7 Å². The molecule has 1 aromatic heterocycles. The van der Waals surface area contributed by atoms with Crippen LogP contribution in [0, 0.1) is 0 Å². The van der Waals surface area contributed by atoms with Gasteiger partial charge >= 0.3 is 0 Å². The molecule has 136 valence electrons. The Labute approximate surface area is 157 Å². The Balaban J connectivity index is 1.54. The van der Waals surface area contributed by atoms with Gasteiger partial charge in [-0.05, 0) is 35.4 Å². The van der Waals surface area contributed by atoms with Crippen LogP contribution in [-0.4, -0.2) is 33.5 Å². The van der Waals surface area contributed by atoms with Crippen LogP contribution in [0.1, 0.15) is 23.5 Å². The maximum absolute atomic E-state index is 13.1. The number of likely N-dealkylation sites (N-methyl/N-ethyl adjacent to an activating group) is 1. The Hall–Kier alpha value is -3.41. The van der Waals surface area contributed by atoms with Gasteiger partial charge in [-0.15, -0.1) is 0 Å². The number of para-hydroxylation sites is 1. The molecule has 1 atom stereocenters. The number of amides is 2. The third-order valence-corrected chi connectivity index (χ3v) is 4.77. The fraction of sp³-hybridized carbons (Fsp3) is 0.190. The number of nitrogens with zero attached hydrogens (tertiary/aromatic N) is 3. The summed E-state index contributed by atoms with van der Waals surface area (Å²) in [4.78, 5) is 26.7. The van der Waals surface area contributed by atoms with Crippen molar-refractivity contribution >= 4 is 17.5 Å². The van der Waals surface area contributed by atoms with E-state index in [0.29, 0.717) is 6.54 Å². The zero-order valence-electron chi connectivity index (χ0n) is 15.0. The molecule has 2 aromatic carbocycles. The second-order valence-corrected chi connectivity index (χ2v) is 6.71. The highest BCUT2D eigenvalue weighted by atomic mass is 16.2. The van der Waals surface area contributed by atoms with E-state index in [2.05, 4.69) is 10.4 Å². The summed E-state index contributed by atoms with van der Waals surface area (Å²) in [6.45, 7) is 0.466. The second-order valence-electron chi connectivity index (χ2n) is 6.71. The number of nitrogens with one attached hydrogen (secondary N) is 1. The van der Waals surface area contributed by atoms with Gasteiger partial charge in [0.15, 0.2) is 0 Å². The molecule has 2 amide bonds. The van der Waals surface area contributed by atoms with Gasteiger partial charge < -0.3 is 10.2 Å². The molecule has 6 heteroatoms. The summed E-state index contributed by atoms with van der Waals surface area (Å²) in [5, 5.41) is 7.08. The molecule has 3 aromatic rings. The van der Waals surface area contributed by atoms with Crippen molar-refractivity contribution in [3.63, 3.8) is 0 Å². The van der Waals surface area contributed by atoms with Crippen LogP contribution in [-0.2, 0) is 16.1 Å². The summed E-state index contributed by atoms with van der Waals surface area (Å²) in [6.07, 6.45) is 3.78. The zero-order valence-corrected chi connectivity index (χ0v) is 15.0. The summed E-state index contributed by atoms with van der Waals surface area (Å²) in [5.74, 6) is -0.628. The number of hydrogen-bond donors (Lipinski definition) is 1. The number of anilines is 1. The SMILES string of the molecule is CN(Cc1cccc(-n2cccn2)c1)C(=O)[C@@H]1CC(=O)Nc2ccccc21. The number of rotatable bonds is 4. The topological polar surface area (TPSA) is 67.2 Å². The third-order valence-electron chi connectivity index (χ3n) is 4.77. The van der Waals surface area contributed by atoms with Crippen molar-refractivity contribution in [2.24, 2.45) is 0 Å². The summed E-state index contributed by atoms with van der Waals surface area (Å²) in [7, 11) is 1.78. The largest absolute Gasteiger partial charge is 0.341 e. The molecular weight excluding hydrogens is 340 g/mol. The Morgan fingerprint density at radius 1 is 1.22 bits per heavy atom. The van der Waals surface area contributed by atoms with Crippen LogP contribution in [0.4, 0.5) is 5.69 Å². The maximum Gasteiger partial charge on any atom is 0.230 e. The van der Waals surface area contributed by atoms with Gasteiger partial charge in [0, 0.05) is 38.1 Å². The fourth-order valence-electron chi connectivity index (χ4n) is 3.47. The van der Waals surface area contributed by atoms with Crippen molar-refractivity contribution in [3.8, 4) is 5.69 Å². The Kier molecular flexibility index (Phi) is 4.46. The van der Waals surface area contributed by atoms with Crippen molar-refractivity contribution in [2.75, 3.05) is 12.4 Å². The molecule has 0 saturated heterocycles. The molecule has 1 N–H and O–H groups in total. The minimum absolute atomic E-state index is 0.0539. The molecule has 2 heterocycles. The van der Waals surface area contributed by atoms with Crippen molar-refractivity contribution in [3.05, 3.63) is 78.1 Å². The number of benzene rings is 2. The summed E-state index contributed by atoms with van der Waals surface area (Å²) >= 11 is 0. The maximum atomic E-state index is 13.1. The van der Waals surface area contributed by atoms with Crippen molar-refractivity contribution in [1.29, 1.82) is 0 Å². The highest BCUT2D eigenvalue weighted by Gasteiger charge is 2.32. The van der Waals surface area contributed by atoms with Gasteiger partial charge in [-0.25, -0.2) is 4.68 Å². The molecular formula is C21H20N4O2. The van der Waals surface area contributed by atoms with Gasteiger partial charge in [-0.3, -0.25) is 9.59 Å². The Morgan fingerprint density at radius 2 is 2.07 bits per heavy atom. The summed E-state index contributed by atoms with van der Waals surface area (Å²) in [5.41, 5.74) is 3.55. The minimum Gasteiger partial charge on any atom is -0.341 e. The normalized spacial score (nSPS) is 15.7. The monoisotopic (exact) mass is 360 g/mol. The quantitative estimate of drug-likeness (QED) is 0.778. The molecule has 0 fully saturated rings. The van der Waals surface area contributed by atoms with Crippen LogP contribution in [0.5, 0.6) is 0 Å². The number of carbonyl (C=O) groups excluding carboxylic acids is 2. The van der Waals surface area contributed by atoms with Gasteiger partial charge in [0.2, 0.25) is 11.8 Å². The van der Waals surface area contributed by atoms with E-state index in [-0.39, 0.29) is 18.2 Å². The van der Waals surface area contributed by atoms with E-state index < -0.39 is 5.92 Å². The van der Waals surface area contributed by atoms with E-state index in [1.54, 1.807) is 22.8 Å². The molecule has 27 heavy (non-hydrogen) atoms. The van der Waals surface area contributed by atoms with Crippen LogP contribution in [0.25, 0.3) is 5.69 Å². The average Bonchev–Trinajstić information content (AvgIpc) is 3.22. The van der Waals surface area contributed by atoms with Crippen LogP contribution >= 0.6 is 0 Å². The molecule has 4 rings (SSSR count). The smallest absolute Gasteiger partial charge is 0.230 e. The molecule has 1 aliphatic rings. The molecule has 0 aliphatic carbocycles. The Bertz CT molecular complexity index is 981. The van der Waals surface area contributed by atoms with Gasteiger partial charge in [-0.1, -0.05) is 30.3 Å². The zero-order chi connectivity index (χ0) is 18.8. The first-order valence-corrected chi connectivity index (χ1v) is 8.84. The Morgan fingerprint density at radius 3 is 2.89 bits per heavy atom. The van der Waals surface area contributed by atoms with Crippen LogP contribution < -0.4 is 5.32 Å². The molecule has 0 saturated carbocycles. The van der Waals surface area contributed by atoms with Crippen molar-refractivity contribution < 1.29 is 9.59 Å². The number of fused-ring (bicyclic) bond motifs is 1. The van der Waals surface area contributed by atoms with E-state index in [4.69, 9.17) is 0 Å². The molecule has 1 aliphatic heterocycles. The van der Waals surface area contributed by atoms with Crippen LogP contribution in [0.15, 0.2) is 67.0 Å². The molecule has 0 unspecified atom stereocenters. The lowest BCUT2D eigenvalue weighted by atomic mass is 9.89. The number of hydrogen-bond acceptors (Lipinski definition) is 3. The number of aromatic nitrogens is 2. The van der Waals surface area contributed by atoms with E-state index in [1.807, 2.05) is 60.8 Å². The predicted octanol–water partition coefficient (Wildman–Crippen LogP) is 2.96. The van der Waals surface area contributed by atoms with E-state index in [1.165, 1.54) is 0 Å². The van der Waals surface area contributed by atoms with E-state index >= 15 is 0 Å². The average molecular weight is 360 g/mol. The third kappa shape index (κ3) is 3.46. The highest BCUT2D eigenvalue weighted by molar-refractivity contribution is 6.01. The minimum atomic E-state index is -0.450. The summed E-state index contributed by atoms with van der Waals surface area (Å²) in [6, 6.07) is 17.3. The molecule has 0 bridgehead atoms. The van der Waals surface area contributed by atoms with Crippen LogP contribution in [0.3, 0.4) is 0 Å². The highest BCUT2D eigenvalue weighted by Crippen LogP contribution is 2.33. The standard InChI is InChI=1S/C21H20N4O2/c1-24(14-15-6-4-7-16(12-15)25-11-5-10-22-25)21(27)18-13-20(26)23-19-9-3-2-8-17(18)19/h2-12,18H,13-14H2,1H3,(H,23,26)/t18-/m1/s1. The van der Waals surface area contributed by atoms with E-state index in [0.717, 1.165) is 22.5 Å².